The summed E-state index contributed by atoms with van der Waals surface area (Å²) in [5.41, 5.74) is 0.376. The molecule has 0 N–H and O–H groups in total. The number of nitrogens with zero attached hydrogens (tertiary/aromatic N) is 1. The Morgan fingerprint density at radius 1 is 1.08 bits per heavy atom. The number of hydrogen-bond acceptors (Lipinski definition) is 1. The highest BCUT2D eigenvalue weighted by molar-refractivity contribution is 5.97. The van der Waals surface area contributed by atoms with E-state index in [4.69, 9.17) is 0 Å². The predicted molar refractivity (Wildman–Crippen MR) is 92.7 cm³/mol. The number of amides is 1. The van der Waals surface area contributed by atoms with Gasteiger partial charge in [-0.3, -0.25) is 4.79 Å². The molecule has 128 valence electrons. The van der Waals surface area contributed by atoms with Gasteiger partial charge in [0.05, 0.1) is 12.2 Å². The Labute approximate surface area is 142 Å². The molecular weight excluding hydrogens is 308 g/mol. The monoisotopic (exact) mass is 331 g/mol. The zero-order chi connectivity index (χ0) is 17.7. The van der Waals surface area contributed by atoms with Crippen LogP contribution in [0.5, 0.6) is 0 Å². The van der Waals surface area contributed by atoms with Gasteiger partial charge < -0.3 is 4.90 Å². The third-order valence-electron chi connectivity index (χ3n) is 4.08. The Balaban J connectivity index is 2.43. The summed E-state index contributed by atoms with van der Waals surface area (Å²) in [5, 5.41) is 0. The second-order valence-corrected chi connectivity index (χ2v) is 6.61. The number of halogens is 2. The van der Waals surface area contributed by atoms with Gasteiger partial charge in [0, 0.05) is 11.5 Å². The Kier molecular flexibility index (Phi) is 5.71. The molecule has 0 aliphatic carbocycles. The number of benzene rings is 2. The summed E-state index contributed by atoms with van der Waals surface area (Å²) in [6.07, 6.45) is 1.55. The summed E-state index contributed by atoms with van der Waals surface area (Å²) in [4.78, 5) is 14.5. The van der Waals surface area contributed by atoms with Crippen molar-refractivity contribution in [1.82, 2.24) is 0 Å². The zero-order valence-corrected chi connectivity index (χ0v) is 14.4. The van der Waals surface area contributed by atoms with Crippen LogP contribution < -0.4 is 4.90 Å². The molecule has 24 heavy (non-hydrogen) atoms. The minimum atomic E-state index is -0.730. The first-order chi connectivity index (χ1) is 11.3. The van der Waals surface area contributed by atoms with Crippen molar-refractivity contribution in [3.8, 4) is 0 Å². The van der Waals surface area contributed by atoms with E-state index in [1.54, 1.807) is 0 Å². The van der Waals surface area contributed by atoms with Crippen LogP contribution in [0, 0.1) is 17.0 Å². The van der Waals surface area contributed by atoms with Gasteiger partial charge in [-0.2, -0.15) is 0 Å². The molecule has 0 saturated heterocycles. The molecule has 0 fully saturated rings. The number of anilines is 1. The minimum absolute atomic E-state index is 0.106. The molecule has 0 bridgehead atoms. The molecule has 1 amide bonds. The normalized spacial score (nSPS) is 11.4. The SMILES string of the molecule is CCCC(C)(C)C(=O)N(Cc1ccccc1)c1ccc(F)cc1F. The molecule has 4 heteroatoms. The average molecular weight is 331 g/mol. The molecule has 0 atom stereocenters. The predicted octanol–water partition coefficient (Wildman–Crippen LogP) is 5.32. The summed E-state index contributed by atoms with van der Waals surface area (Å²) in [7, 11) is 0. The summed E-state index contributed by atoms with van der Waals surface area (Å²) >= 11 is 0. The maximum atomic E-state index is 14.3. The number of rotatable bonds is 6. The second-order valence-electron chi connectivity index (χ2n) is 6.61. The lowest BCUT2D eigenvalue weighted by molar-refractivity contribution is -0.127. The second kappa shape index (κ2) is 7.56. The molecule has 2 nitrogen and oxygen atoms in total. The first-order valence-corrected chi connectivity index (χ1v) is 8.16. The van der Waals surface area contributed by atoms with Gasteiger partial charge in [-0.25, -0.2) is 8.78 Å². The molecular formula is C20H23F2NO. The Bertz CT molecular complexity index is 698. The molecule has 0 aliphatic rings. The van der Waals surface area contributed by atoms with E-state index in [0.717, 1.165) is 18.1 Å². The fourth-order valence-electron chi connectivity index (χ4n) is 2.83. The summed E-state index contributed by atoms with van der Waals surface area (Å²) in [5.74, 6) is -1.55. The van der Waals surface area contributed by atoms with E-state index in [2.05, 4.69) is 0 Å². The van der Waals surface area contributed by atoms with Gasteiger partial charge in [0.15, 0.2) is 0 Å². The van der Waals surface area contributed by atoms with Gasteiger partial charge in [0.2, 0.25) is 5.91 Å². The number of carbonyl (C=O) groups is 1. The van der Waals surface area contributed by atoms with Crippen molar-refractivity contribution in [3.63, 3.8) is 0 Å². The molecule has 2 aromatic rings. The lowest BCUT2D eigenvalue weighted by Gasteiger charge is -2.32. The lowest BCUT2D eigenvalue weighted by atomic mass is 9.86. The molecule has 0 aromatic heterocycles. The van der Waals surface area contributed by atoms with Crippen LogP contribution in [-0.2, 0) is 11.3 Å². The van der Waals surface area contributed by atoms with E-state index in [1.807, 2.05) is 51.1 Å². The number of hydrogen-bond donors (Lipinski definition) is 0. The van der Waals surface area contributed by atoms with Gasteiger partial charge in [0.1, 0.15) is 11.6 Å². The van der Waals surface area contributed by atoms with Crippen LogP contribution >= 0.6 is 0 Å². The van der Waals surface area contributed by atoms with Crippen LogP contribution in [0.4, 0.5) is 14.5 Å². The fraction of sp³-hybridized carbons (Fsp3) is 0.350. The molecule has 2 aromatic carbocycles. The Morgan fingerprint density at radius 3 is 2.33 bits per heavy atom. The van der Waals surface area contributed by atoms with E-state index >= 15 is 0 Å². The molecule has 0 heterocycles. The van der Waals surface area contributed by atoms with Crippen molar-refractivity contribution in [2.45, 2.75) is 40.2 Å². The highest BCUT2D eigenvalue weighted by Gasteiger charge is 2.33. The molecule has 0 unspecified atom stereocenters. The largest absolute Gasteiger partial charge is 0.305 e. The van der Waals surface area contributed by atoms with Gasteiger partial charge >= 0.3 is 0 Å². The van der Waals surface area contributed by atoms with Crippen molar-refractivity contribution >= 4 is 11.6 Å². The third kappa shape index (κ3) is 4.19. The summed E-state index contributed by atoms with van der Waals surface area (Å²) in [6.45, 7) is 5.97. The quantitative estimate of drug-likeness (QED) is 0.701. The highest BCUT2D eigenvalue weighted by atomic mass is 19.1. The Morgan fingerprint density at radius 2 is 1.75 bits per heavy atom. The van der Waals surface area contributed by atoms with Crippen molar-refractivity contribution < 1.29 is 13.6 Å². The van der Waals surface area contributed by atoms with Crippen LogP contribution in [0.3, 0.4) is 0 Å². The van der Waals surface area contributed by atoms with Gasteiger partial charge in [0.25, 0.3) is 0 Å². The summed E-state index contributed by atoms with van der Waals surface area (Å²) < 4.78 is 27.6. The van der Waals surface area contributed by atoms with E-state index < -0.39 is 17.0 Å². The molecule has 0 radical (unpaired) electrons. The van der Waals surface area contributed by atoms with E-state index in [1.165, 1.54) is 17.0 Å². The molecule has 0 saturated carbocycles. The minimum Gasteiger partial charge on any atom is -0.305 e. The fourth-order valence-corrected chi connectivity index (χ4v) is 2.83. The van der Waals surface area contributed by atoms with Gasteiger partial charge in [-0.1, -0.05) is 57.5 Å². The average Bonchev–Trinajstić information content (AvgIpc) is 2.53. The zero-order valence-electron chi connectivity index (χ0n) is 14.4. The Hall–Kier alpha value is -2.23. The van der Waals surface area contributed by atoms with Crippen molar-refractivity contribution in [1.29, 1.82) is 0 Å². The van der Waals surface area contributed by atoms with Crippen LogP contribution in [0.1, 0.15) is 39.2 Å². The third-order valence-corrected chi connectivity index (χ3v) is 4.08. The van der Waals surface area contributed by atoms with Crippen LogP contribution in [-0.4, -0.2) is 5.91 Å². The van der Waals surface area contributed by atoms with Crippen molar-refractivity contribution in [2.24, 2.45) is 5.41 Å². The smallest absolute Gasteiger partial charge is 0.233 e. The first-order valence-electron chi connectivity index (χ1n) is 8.16. The van der Waals surface area contributed by atoms with Crippen molar-refractivity contribution in [2.75, 3.05) is 4.90 Å². The van der Waals surface area contributed by atoms with E-state index in [9.17, 15) is 13.6 Å². The number of carbonyl (C=O) groups excluding carboxylic acids is 1. The maximum absolute atomic E-state index is 14.3. The molecule has 0 aliphatic heterocycles. The maximum Gasteiger partial charge on any atom is 0.233 e. The van der Waals surface area contributed by atoms with Crippen LogP contribution in [0.25, 0.3) is 0 Å². The molecule has 0 spiro atoms. The molecule has 2 rings (SSSR count). The highest BCUT2D eigenvalue weighted by Crippen LogP contribution is 2.31. The van der Waals surface area contributed by atoms with Crippen LogP contribution in [0.15, 0.2) is 48.5 Å². The summed E-state index contributed by atoms with van der Waals surface area (Å²) in [6, 6.07) is 12.7. The lowest BCUT2D eigenvalue weighted by Crippen LogP contribution is -2.41. The van der Waals surface area contributed by atoms with E-state index in [0.29, 0.717) is 6.42 Å². The van der Waals surface area contributed by atoms with Gasteiger partial charge in [-0.05, 0) is 24.1 Å². The van der Waals surface area contributed by atoms with E-state index in [-0.39, 0.29) is 18.1 Å². The first kappa shape index (κ1) is 18.1. The topological polar surface area (TPSA) is 20.3 Å². The van der Waals surface area contributed by atoms with Gasteiger partial charge in [-0.15, -0.1) is 0 Å². The van der Waals surface area contributed by atoms with Crippen molar-refractivity contribution in [3.05, 3.63) is 65.7 Å². The van der Waals surface area contributed by atoms with Crippen LogP contribution in [0.2, 0.25) is 0 Å². The standard InChI is InChI=1S/C20H23F2NO/c1-4-12-20(2,3)19(24)23(14-15-8-6-5-7-9-15)18-11-10-16(21)13-17(18)22/h5-11,13H,4,12,14H2,1-3H3.